The molecule has 1 saturated heterocycles. The number of hydrogen-bond donors (Lipinski definition) is 2. The highest BCUT2D eigenvalue weighted by atomic mass is 32.1. The van der Waals surface area contributed by atoms with E-state index >= 15 is 0 Å². The van der Waals surface area contributed by atoms with E-state index < -0.39 is 5.91 Å². The topological polar surface area (TPSA) is 84.7 Å². The van der Waals surface area contributed by atoms with Crippen molar-refractivity contribution in [2.45, 2.75) is 45.1 Å². The van der Waals surface area contributed by atoms with Gasteiger partial charge in [-0.2, -0.15) is 0 Å². The Morgan fingerprint density at radius 2 is 2.08 bits per heavy atom. The molecule has 0 radical (unpaired) electrons. The van der Waals surface area contributed by atoms with Crippen molar-refractivity contribution in [3.63, 3.8) is 0 Å². The molecule has 0 unspecified atom stereocenters. The summed E-state index contributed by atoms with van der Waals surface area (Å²) in [4.78, 5) is 27.6. The molecule has 7 heteroatoms. The van der Waals surface area contributed by atoms with Crippen molar-refractivity contribution in [1.82, 2.24) is 4.90 Å². The molecular weight excluding hydrogens is 326 g/mol. The number of anilines is 1. The van der Waals surface area contributed by atoms with Crippen LogP contribution in [0, 0.1) is 0 Å². The summed E-state index contributed by atoms with van der Waals surface area (Å²) < 4.78 is 5.67. The largest absolute Gasteiger partial charge is 0.373 e. The molecule has 3 rings (SSSR count). The van der Waals surface area contributed by atoms with Crippen molar-refractivity contribution in [2.24, 2.45) is 5.73 Å². The fourth-order valence-electron chi connectivity index (χ4n) is 3.53. The lowest BCUT2D eigenvalue weighted by molar-refractivity contribution is -0.122. The molecule has 2 aliphatic rings. The van der Waals surface area contributed by atoms with Crippen LogP contribution in [0.25, 0.3) is 0 Å². The average Bonchev–Trinajstić information content (AvgIpc) is 2.83. The van der Waals surface area contributed by atoms with Gasteiger partial charge in [-0.15, -0.1) is 11.3 Å². The minimum absolute atomic E-state index is 0.103. The van der Waals surface area contributed by atoms with E-state index in [0.29, 0.717) is 30.3 Å². The Morgan fingerprint density at radius 3 is 2.79 bits per heavy atom. The third-order valence-corrected chi connectivity index (χ3v) is 5.75. The molecule has 1 aliphatic carbocycles. The molecule has 2 amide bonds. The number of nitrogens with one attached hydrogen (secondary N) is 1. The number of hydrogen-bond acceptors (Lipinski definition) is 5. The molecule has 6 nitrogen and oxygen atoms in total. The number of aryl methyl sites for hydroxylation is 1. The van der Waals surface area contributed by atoms with Gasteiger partial charge in [0.1, 0.15) is 5.00 Å². The van der Waals surface area contributed by atoms with Crippen molar-refractivity contribution >= 4 is 28.2 Å². The fourth-order valence-corrected chi connectivity index (χ4v) is 4.84. The zero-order chi connectivity index (χ0) is 17.3. The van der Waals surface area contributed by atoms with Gasteiger partial charge in [0.15, 0.2) is 0 Å². The molecule has 1 aromatic heterocycles. The molecule has 0 bridgehead atoms. The number of morpholine rings is 1. The molecule has 3 N–H and O–H groups in total. The van der Waals surface area contributed by atoms with Crippen LogP contribution >= 0.6 is 11.3 Å². The molecule has 0 aromatic carbocycles. The number of thiophene rings is 1. The first-order valence-corrected chi connectivity index (χ1v) is 9.28. The molecular formula is C17H25N3O3S. The van der Waals surface area contributed by atoms with Gasteiger partial charge in [0.2, 0.25) is 5.91 Å². The van der Waals surface area contributed by atoms with Gasteiger partial charge in [-0.25, -0.2) is 0 Å². The fraction of sp³-hybridized carbons (Fsp3) is 0.647. The van der Waals surface area contributed by atoms with Crippen LogP contribution in [-0.4, -0.2) is 48.6 Å². The van der Waals surface area contributed by atoms with Crippen LogP contribution in [0.5, 0.6) is 0 Å². The van der Waals surface area contributed by atoms with Crippen LogP contribution in [0.2, 0.25) is 0 Å². The summed E-state index contributed by atoms with van der Waals surface area (Å²) in [6.07, 6.45) is 4.04. The lowest BCUT2D eigenvalue weighted by Crippen LogP contribution is -2.50. The number of primary amides is 1. The van der Waals surface area contributed by atoms with Gasteiger partial charge >= 0.3 is 0 Å². The Kier molecular flexibility index (Phi) is 4.94. The second-order valence-electron chi connectivity index (χ2n) is 7.15. The van der Waals surface area contributed by atoms with Crippen molar-refractivity contribution in [1.29, 1.82) is 0 Å². The minimum atomic E-state index is -0.447. The van der Waals surface area contributed by atoms with Gasteiger partial charge in [0.25, 0.3) is 5.91 Å². The summed E-state index contributed by atoms with van der Waals surface area (Å²) >= 11 is 1.50. The third-order valence-electron chi connectivity index (χ3n) is 4.54. The zero-order valence-electron chi connectivity index (χ0n) is 14.3. The van der Waals surface area contributed by atoms with Crippen molar-refractivity contribution in [2.75, 3.05) is 31.6 Å². The van der Waals surface area contributed by atoms with Crippen LogP contribution in [-0.2, 0) is 22.4 Å². The number of rotatable bonds is 4. The molecule has 132 valence electrons. The van der Waals surface area contributed by atoms with E-state index in [1.807, 2.05) is 13.8 Å². The summed E-state index contributed by atoms with van der Waals surface area (Å²) in [6, 6.07) is 0. The Hall–Kier alpha value is -1.44. The molecule has 1 aliphatic heterocycles. The highest BCUT2D eigenvalue weighted by molar-refractivity contribution is 7.17. The molecule has 2 heterocycles. The van der Waals surface area contributed by atoms with Crippen LogP contribution in [0.15, 0.2) is 0 Å². The first-order chi connectivity index (χ1) is 11.4. The number of carbonyl (C=O) groups excluding carboxylic acids is 2. The third kappa shape index (κ3) is 3.79. The maximum absolute atomic E-state index is 12.4. The summed E-state index contributed by atoms with van der Waals surface area (Å²) in [5.41, 5.74) is 6.89. The van der Waals surface area contributed by atoms with Gasteiger partial charge in [-0.1, -0.05) is 0 Å². The smallest absolute Gasteiger partial charge is 0.251 e. The highest BCUT2D eigenvalue weighted by Gasteiger charge is 2.29. The summed E-state index contributed by atoms with van der Waals surface area (Å²) in [6.45, 7) is 6.42. The Bertz CT molecular complexity index is 654. The molecule has 0 spiro atoms. The summed E-state index contributed by atoms with van der Waals surface area (Å²) in [5, 5.41) is 3.54. The molecule has 1 fully saturated rings. The summed E-state index contributed by atoms with van der Waals surface area (Å²) in [7, 11) is 0. The van der Waals surface area contributed by atoms with Gasteiger partial charge in [0, 0.05) is 18.0 Å². The number of amides is 2. The van der Waals surface area contributed by atoms with Crippen molar-refractivity contribution < 1.29 is 14.3 Å². The lowest BCUT2D eigenvalue weighted by atomic mass is 9.95. The Morgan fingerprint density at radius 1 is 1.33 bits per heavy atom. The minimum Gasteiger partial charge on any atom is -0.373 e. The maximum Gasteiger partial charge on any atom is 0.251 e. The second kappa shape index (κ2) is 6.82. The second-order valence-corrected chi connectivity index (χ2v) is 8.25. The average molecular weight is 351 g/mol. The van der Waals surface area contributed by atoms with E-state index in [4.69, 9.17) is 10.5 Å². The molecule has 24 heavy (non-hydrogen) atoms. The zero-order valence-corrected chi connectivity index (χ0v) is 15.1. The number of ether oxygens (including phenoxy) is 1. The predicted molar refractivity (Wildman–Crippen MR) is 94.6 cm³/mol. The quantitative estimate of drug-likeness (QED) is 0.866. The summed E-state index contributed by atoms with van der Waals surface area (Å²) in [5.74, 6) is -0.550. The van der Waals surface area contributed by atoms with Gasteiger partial charge in [-0.3, -0.25) is 14.5 Å². The van der Waals surface area contributed by atoms with Gasteiger partial charge in [0.05, 0.1) is 24.3 Å². The first kappa shape index (κ1) is 17.4. The Labute approximate surface area is 146 Å². The molecule has 0 atom stereocenters. The van der Waals surface area contributed by atoms with Gasteiger partial charge < -0.3 is 15.8 Å². The van der Waals surface area contributed by atoms with E-state index in [2.05, 4.69) is 10.2 Å². The van der Waals surface area contributed by atoms with Crippen LogP contribution in [0.4, 0.5) is 5.00 Å². The van der Waals surface area contributed by atoms with E-state index in [1.54, 1.807) is 0 Å². The Balaban J connectivity index is 1.70. The lowest BCUT2D eigenvalue weighted by Gasteiger charge is -2.37. The predicted octanol–water partition coefficient (Wildman–Crippen LogP) is 1.78. The molecule has 0 saturated carbocycles. The van der Waals surface area contributed by atoms with E-state index in [1.165, 1.54) is 16.2 Å². The van der Waals surface area contributed by atoms with Crippen LogP contribution in [0.1, 0.15) is 47.5 Å². The standard InChI is InChI=1S/C17H25N3O3S/c1-17(2)10-20(7-8-23-17)9-13(21)19-16-14(15(18)22)11-5-3-4-6-12(11)24-16/h3-10H2,1-2H3,(H2,18,22)(H,19,21). The maximum atomic E-state index is 12.4. The SMILES string of the molecule is CC1(C)CN(CC(=O)Nc2sc3c(c2C(N)=O)CCCC3)CCO1. The van der Waals surface area contributed by atoms with E-state index in [0.717, 1.165) is 37.8 Å². The monoisotopic (exact) mass is 351 g/mol. The van der Waals surface area contributed by atoms with E-state index in [-0.39, 0.29) is 11.5 Å². The van der Waals surface area contributed by atoms with Crippen molar-refractivity contribution in [3.8, 4) is 0 Å². The highest BCUT2D eigenvalue weighted by Crippen LogP contribution is 2.37. The number of fused-ring (bicyclic) bond motifs is 1. The van der Waals surface area contributed by atoms with Crippen molar-refractivity contribution in [3.05, 3.63) is 16.0 Å². The van der Waals surface area contributed by atoms with Crippen LogP contribution in [0.3, 0.4) is 0 Å². The molecule has 1 aromatic rings. The van der Waals surface area contributed by atoms with E-state index in [9.17, 15) is 9.59 Å². The number of carbonyl (C=O) groups is 2. The first-order valence-electron chi connectivity index (χ1n) is 8.46. The number of nitrogens with two attached hydrogens (primary N) is 1. The van der Waals surface area contributed by atoms with Crippen LogP contribution < -0.4 is 11.1 Å². The number of nitrogens with zero attached hydrogens (tertiary/aromatic N) is 1. The normalized spacial score (nSPS) is 20.4. The van der Waals surface area contributed by atoms with Gasteiger partial charge in [-0.05, 0) is 45.1 Å².